The van der Waals surface area contributed by atoms with Crippen LogP contribution in [-0.4, -0.2) is 31.6 Å². The van der Waals surface area contributed by atoms with Crippen LogP contribution in [0.4, 0.5) is 10.2 Å². The second-order valence-corrected chi connectivity index (χ2v) is 6.90. The molecule has 1 fully saturated rings. The van der Waals surface area contributed by atoms with Gasteiger partial charge in [-0.25, -0.2) is 4.39 Å². The summed E-state index contributed by atoms with van der Waals surface area (Å²) in [4.78, 5) is 4.41. The molecule has 0 unspecified atom stereocenters. The third-order valence-corrected chi connectivity index (χ3v) is 5.06. The Morgan fingerprint density at radius 3 is 2.74 bits per heavy atom. The van der Waals surface area contributed by atoms with Gasteiger partial charge in [0.2, 0.25) is 0 Å². The summed E-state index contributed by atoms with van der Waals surface area (Å²) in [5, 5.41) is 20.0. The summed E-state index contributed by atoms with van der Waals surface area (Å²) in [7, 11) is 0. The summed E-state index contributed by atoms with van der Waals surface area (Å²) in [5.41, 5.74) is 3.03. The quantitative estimate of drug-likeness (QED) is 0.578. The molecule has 0 radical (unpaired) electrons. The minimum Gasteiger partial charge on any atom is -0.357 e. The Bertz CT molecular complexity index is 1070. The van der Waals surface area contributed by atoms with Crippen LogP contribution in [0.2, 0.25) is 0 Å². The van der Waals surface area contributed by atoms with E-state index in [0.717, 1.165) is 27.9 Å². The van der Waals surface area contributed by atoms with Gasteiger partial charge in [-0.1, -0.05) is 12.1 Å². The lowest BCUT2D eigenvalue weighted by Crippen LogP contribution is -2.49. The molecule has 5 rings (SSSR count). The molecule has 3 aromatic heterocycles. The lowest BCUT2D eigenvalue weighted by atomic mass is 9.72. The van der Waals surface area contributed by atoms with E-state index >= 15 is 0 Å². The van der Waals surface area contributed by atoms with Crippen molar-refractivity contribution in [2.75, 3.05) is 5.32 Å². The van der Waals surface area contributed by atoms with Crippen LogP contribution in [-0.2, 0) is 5.54 Å². The van der Waals surface area contributed by atoms with Crippen molar-refractivity contribution in [1.82, 2.24) is 25.4 Å². The van der Waals surface area contributed by atoms with Gasteiger partial charge in [0, 0.05) is 30.0 Å². The third-order valence-electron chi connectivity index (χ3n) is 5.06. The number of benzene rings is 1. The molecule has 1 aliphatic rings. The number of anilines is 1. The average Bonchev–Trinajstić information content (AvgIpc) is 3.15. The fraction of sp³-hybridized carbons (Fsp3) is 0.200. The fourth-order valence-corrected chi connectivity index (χ4v) is 3.62. The number of aromatic nitrogens is 5. The van der Waals surface area contributed by atoms with E-state index in [1.54, 1.807) is 12.4 Å². The molecule has 0 amide bonds. The molecule has 7 heteroatoms. The van der Waals surface area contributed by atoms with Gasteiger partial charge in [0.15, 0.2) is 0 Å². The molecule has 0 spiro atoms. The van der Waals surface area contributed by atoms with Gasteiger partial charge in [0.1, 0.15) is 12.0 Å². The Hall–Kier alpha value is -3.35. The monoisotopic (exact) mass is 360 g/mol. The molecule has 0 saturated heterocycles. The van der Waals surface area contributed by atoms with E-state index in [9.17, 15) is 4.39 Å². The highest BCUT2D eigenvalue weighted by molar-refractivity contribution is 5.83. The van der Waals surface area contributed by atoms with Crippen LogP contribution >= 0.6 is 0 Å². The molecule has 6 nitrogen and oxygen atoms in total. The summed E-state index contributed by atoms with van der Waals surface area (Å²) in [5.74, 6) is 0.612. The Kier molecular flexibility index (Phi) is 3.60. The van der Waals surface area contributed by atoms with Gasteiger partial charge in [0.25, 0.3) is 0 Å². The zero-order valence-electron chi connectivity index (χ0n) is 14.4. The number of hydrogen-bond acceptors (Lipinski definition) is 5. The second kappa shape index (κ2) is 6.12. The molecule has 134 valence electrons. The van der Waals surface area contributed by atoms with Crippen molar-refractivity contribution in [3.63, 3.8) is 0 Å². The maximum absolute atomic E-state index is 13.7. The summed E-state index contributed by atoms with van der Waals surface area (Å²) >= 11 is 0. The molecule has 0 bridgehead atoms. The van der Waals surface area contributed by atoms with Gasteiger partial charge < -0.3 is 5.32 Å². The Morgan fingerprint density at radius 2 is 2.00 bits per heavy atom. The maximum atomic E-state index is 13.7. The molecule has 1 saturated carbocycles. The first-order valence-corrected chi connectivity index (χ1v) is 8.83. The number of aromatic amines is 1. The zero-order chi connectivity index (χ0) is 18.3. The molecule has 27 heavy (non-hydrogen) atoms. The topological polar surface area (TPSA) is 79.4 Å². The van der Waals surface area contributed by atoms with E-state index in [0.29, 0.717) is 18.7 Å². The predicted molar refractivity (Wildman–Crippen MR) is 101 cm³/mol. The van der Waals surface area contributed by atoms with Crippen LogP contribution in [0.15, 0.2) is 60.9 Å². The van der Waals surface area contributed by atoms with E-state index in [-0.39, 0.29) is 0 Å². The zero-order valence-corrected chi connectivity index (χ0v) is 14.4. The van der Waals surface area contributed by atoms with Gasteiger partial charge in [-0.3, -0.25) is 10.1 Å². The molecular formula is C20H17FN6. The fourth-order valence-electron chi connectivity index (χ4n) is 3.62. The minimum atomic E-state index is -0.826. The molecular weight excluding hydrogens is 343 g/mol. The van der Waals surface area contributed by atoms with E-state index in [1.807, 2.05) is 48.5 Å². The second-order valence-electron chi connectivity index (χ2n) is 6.90. The third kappa shape index (κ3) is 2.81. The van der Waals surface area contributed by atoms with Crippen LogP contribution in [0.3, 0.4) is 0 Å². The van der Waals surface area contributed by atoms with Gasteiger partial charge in [-0.2, -0.15) is 5.10 Å². The molecule has 3 heterocycles. The Balaban J connectivity index is 1.41. The maximum Gasteiger partial charge on any atom is 0.149 e. The van der Waals surface area contributed by atoms with Crippen molar-refractivity contribution in [3.8, 4) is 11.3 Å². The van der Waals surface area contributed by atoms with Crippen LogP contribution in [0.5, 0.6) is 0 Å². The van der Waals surface area contributed by atoms with Crippen molar-refractivity contribution in [3.05, 3.63) is 66.6 Å². The van der Waals surface area contributed by atoms with E-state index < -0.39 is 11.7 Å². The number of pyridine rings is 1. The normalized spacial score (nSPS) is 21.7. The van der Waals surface area contributed by atoms with Crippen LogP contribution < -0.4 is 5.32 Å². The lowest BCUT2D eigenvalue weighted by molar-refractivity contribution is 0.111. The molecule has 0 atom stereocenters. The highest BCUT2D eigenvalue weighted by Crippen LogP contribution is 2.44. The number of rotatable bonds is 4. The van der Waals surface area contributed by atoms with Crippen molar-refractivity contribution in [1.29, 1.82) is 0 Å². The first-order chi connectivity index (χ1) is 13.2. The highest BCUT2D eigenvalue weighted by Gasteiger charge is 2.47. The minimum absolute atomic E-state index is 0.380. The van der Waals surface area contributed by atoms with Crippen molar-refractivity contribution >= 4 is 16.7 Å². The first-order valence-electron chi connectivity index (χ1n) is 8.83. The molecule has 0 aliphatic heterocycles. The molecule has 4 aromatic rings. The molecule has 1 aromatic carbocycles. The van der Waals surface area contributed by atoms with Crippen LogP contribution in [0.25, 0.3) is 22.2 Å². The lowest BCUT2D eigenvalue weighted by Gasteiger charge is -2.44. The number of nitrogens with zero attached hydrogens (tertiary/aromatic N) is 4. The highest BCUT2D eigenvalue weighted by atomic mass is 19.1. The van der Waals surface area contributed by atoms with Crippen LogP contribution in [0, 0.1) is 0 Å². The van der Waals surface area contributed by atoms with Gasteiger partial charge in [0.05, 0.1) is 28.6 Å². The largest absolute Gasteiger partial charge is 0.357 e. The summed E-state index contributed by atoms with van der Waals surface area (Å²) in [6.07, 6.45) is 3.44. The predicted octanol–water partition coefficient (Wildman–Crippen LogP) is 3.85. The van der Waals surface area contributed by atoms with Gasteiger partial charge in [-0.15, -0.1) is 10.2 Å². The number of H-pyrrole nitrogens is 1. The number of hydrogen-bond donors (Lipinski definition) is 2. The SMILES string of the molecule is FC1CC(Nc2ccc(-c3ccc4[nH]ncc4c3)nn2)(c2ccccn2)C1. The smallest absolute Gasteiger partial charge is 0.149 e. The number of nitrogens with one attached hydrogen (secondary N) is 2. The molecule has 1 aliphatic carbocycles. The Morgan fingerprint density at radius 1 is 1.07 bits per heavy atom. The Labute approximate surface area is 154 Å². The summed E-state index contributed by atoms with van der Waals surface area (Å²) in [6, 6.07) is 15.4. The number of halogens is 1. The van der Waals surface area contributed by atoms with Gasteiger partial charge in [-0.05, 0) is 36.4 Å². The number of fused-ring (bicyclic) bond motifs is 1. The van der Waals surface area contributed by atoms with E-state index in [2.05, 4.69) is 30.7 Å². The van der Waals surface area contributed by atoms with Crippen molar-refractivity contribution < 1.29 is 4.39 Å². The first kappa shape index (κ1) is 15.9. The summed E-state index contributed by atoms with van der Waals surface area (Å²) < 4.78 is 13.7. The van der Waals surface area contributed by atoms with E-state index in [4.69, 9.17) is 0 Å². The molecule has 2 N–H and O–H groups in total. The van der Waals surface area contributed by atoms with Crippen LogP contribution in [0.1, 0.15) is 18.5 Å². The van der Waals surface area contributed by atoms with Gasteiger partial charge >= 0.3 is 0 Å². The standard InChI is InChI=1S/C20H17FN6/c21-15-10-20(11-15,18-3-1-2-8-22-18)24-19-7-6-16(26-27-19)13-4-5-17-14(9-13)12-23-25-17/h1-9,12,15H,10-11H2,(H,23,25)(H,24,27). The van der Waals surface area contributed by atoms with E-state index in [1.165, 1.54) is 0 Å². The average molecular weight is 360 g/mol. The van der Waals surface area contributed by atoms with Crippen molar-refractivity contribution in [2.24, 2.45) is 0 Å². The van der Waals surface area contributed by atoms with Crippen molar-refractivity contribution in [2.45, 2.75) is 24.6 Å². The number of alkyl halides is 1. The summed E-state index contributed by atoms with van der Waals surface area (Å²) in [6.45, 7) is 0.